The Morgan fingerprint density at radius 1 is 0.966 bits per heavy atom. The van der Waals surface area contributed by atoms with Gasteiger partial charge in [-0.3, -0.25) is 9.59 Å². The van der Waals surface area contributed by atoms with E-state index in [1.165, 1.54) is 38.8 Å². The number of piperidine rings is 1. The molecule has 0 N–H and O–H groups in total. The van der Waals surface area contributed by atoms with Gasteiger partial charge in [-0.25, -0.2) is 0 Å². The second kappa shape index (κ2) is 10.8. The molecule has 0 saturated carbocycles. The standard InChI is InChI=1S/C24H37N3O2/c1-20(2)27(19-18-25-14-8-3-4-9-15-25)24(29)22-12-16-26(17-13-22)23(28)21-10-6-5-7-11-21/h5-7,10-11,20,22H,3-4,8-9,12-19H2,1-2H3. The van der Waals surface area contributed by atoms with Gasteiger partial charge in [0.1, 0.15) is 0 Å². The summed E-state index contributed by atoms with van der Waals surface area (Å²) < 4.78 is 0. The minimum absolute atomic E-state index is 0.0429. The highest BCUT2D eigenvalue weighted by Crippen LogP contribution is 2.22. The molecule has 2 heterocycles. The molecule has 2 saturated heterocycles. The zero-order chi connectivity index (χ0) is 20.6. The highest BCUT2D eigenvalue weighted by Gasteiger charge is 2.31. The van der Waals surface area contributed by atoms with Crippen LogP contribution < -0.4 is 0 Å². The number of benzene rings is 1. The third kappa shape index (κ3) is 6.05. The summed E-state index contributed by atoms with van der Waals surface area (Å²) in [5, 5.41) is 0. The smallest absolute Gasteiger partial charge is 0.253 e. The third-order valence-corrected chi connectivity index (χ3v) is 6.41. The van der Waals surface area contributed by atoms with Crippen molar-refractivity contribution in [1.29, 1.82) is 0 Å². The molecule has 2 fully saturated rings. The Kier molecular flexibility index (Phi) is 8.10. The maximum absolute atomic E-state index is 13.2. The van der Waals surface area contributed by atoms with E-state index in [4.69, 9.17) is 0 Å². The van der Waals surface area contributed by atoms with Crippen molar-refractivity contribution in [3.05, 3.63) is 35.9 Å². The molecule has 0 spiro atoms. The molecule has 0 atom stereocenters. The molecule has 29 heavy (non-hydrogen) atoms. The molecule has 0 aliphatic carbocycles. The number of amides is 2. The second-order valence-corrected chi connectivity index (χ2v) is 8.81. The van der Waals surface area contributed by atoms with Crippen molar-refractivity contribution in [2.75, 3.05) is 39.3 Å². The van der Waals surface area contributed by atoms with Crippen LogP contribution >= 0.6 is 0 Å². The molecule has 1 aromatic carbocycles. The second-order valence-electron chi connectivity index (χ2n) is 8.81. The van der Waals surface area contributed by atoms with E-state index in [1.807, 2.05) is 35.2 Å². The highest BCUT2D eigenvalue weighted by molar-refractivity contribution is 5.94. The van der Waals surface area contributed by atoms with Crippen LogP contribution in [0.2, 0.25) is 0 Å². The van der Waals surface area contributed by atoms with E-state index in [0.717, 1.165) is 31.5 Å². The van der Waals surface area contributed by atoms with Crippen LogP contribution in [0.4, 0.5) is 0 Å². The molecule has 0 radical (unpaired) electrons. The van der Waals surface area contributed by atoms with E-state index in [2.05, 4.69) is 23.6 Å². The topological polar surface area (TPSA) is 43.9 Å². The number of likely N-dealkylation sites (tertiary alicyclic amines) is 2. The average molecular weight is 400 g/mol. The van der Waals surface area contributed by atoms with Crippen molar-refractivity contribution in [2.45, 2.75) is 58.4 Å². The summed E-state index contributed by atoms with van der Waals surface area (Å²) in [6.07, 6.45) is 6.77. The first-order valence-corrected chi connectivity index (χ1v) is 11.4. The number of hydrogen-bond donors (Lipinski definition) is 0. The first-order valence-electron chi connectivity index (χ1n) is 11.4. The van der Waals surface area contributed by atoms with Gasteiger partial charge in [0, 0.05) is 43.7 Å². The van der Waals surface area contributed by atoms with Gasteiger partial charge in [0.25, 0.3) is 5.91 Å². The zero-order valence-corrected chi connectivity index (χ0v) is 18.2. The molecule has 3 rings (SSSR count). The molecule has 5 heteroatoms. The third-order valence-electron chi connectivity index (χ3n) is 6.41. The Morgan fingerprint density at radius 3 is 2.17 bits per heavy atom. The summed E-state index contributed by atoms with van der Waals surface area (Å²) in [6.45, 7) is 9.71. The molecule has 1 aromatic rings. The van der Waals surface area contributed by atoms with E-state index >= 15 is 0 Å². The lowest BCUT2D eigenvalue weighted by atomic mass is 9.94. The first-order chi connectivity index (χ1) is 14.1. The van der Waals surface area contributed by atoms with Crippen molar-refractivity contribution in [3.63, 3.8) is 0 Å². The fourth-order valence-electron chi connectivity index (χ4n) is 4.56. The molecule has 0 aromatic heterocycles. The summed E-state index contributed by atoms with van der Waals surface area (Å²) in [6, 6.07) is 9.67. The molecule has 160 valence electrons. The lowest BCUT2D eigenvalue weighted by Crippen LogP contribution is -2.48. The molecule has 2 aliphatic rings. The quantitative estimate of drug-likeness (QED) is 0.733. The number of nitrogens with zero attached hydrogens (tertiary/aromatic N) is 3. The minimum atomic E-state index is 0.0429. The summed E-state index contributed by atoms with van der Waals surface area (Å²) in [7, 11) is 0. The fourth-order valence-corrected chi connectivity index (χ4v) is 4.56. The van der Waals surface area contributed by atoms with Crippen molar-refractivity contribution in [2.24, 2.45) is 5.92 Å². The van der Waals surface area contributed by atoms with Crippen molar-refractivity contribution in [3.8, 4) is 0 Å². The molecular weight excluding hydrogens is 362 g/mol. The molecule has 5 nitrogen and oxygen atoms in total. The normalized spacial score (nSPS) is 19.2. The van der Waals surface area contributed by atoms with Gasteiger partial charge in [-0.2, -0.15) is 0 Å². The van der Waals surface area contributed by atoms with Crippen LogP contribution in [0.5, 0.6) is 0 Å². The number of carbonyl (C=O) groups excluding carboxylic acids is 2. The van der Waals surface area contributed by atoms with Crippen LogP contribution in [0.15, 0.2) is 30.3 Å². The van der Waals surface area contributed by atoms with E-state index in [9.17, 15) is 9.59 Å². The summed E-state index contributed by atoms with van der Waals surface area (Å²) in [5.41, 5.74) is 0.735. The maximum Gasteiger partial charge on any atom is 0.253 e. The predicted molar refractivity (Wildman–Crippen MR) is 117 cm³/mol. The van der Waals surface area contributed by atoms with Gasteiger partial charge in [-0.15, -0.1) is 0 Å². The van der Waals surface area contributed by atoms with E-state index in [-0.39, 0.29) is 23.8 Å². The van der Waals surface area contributed by atoms with Gasteiger partial charge < -0.3 is 14.7 Å². The van der Waals surface area contributed by atoms with Crippen molar-refractivity contribution >= 4 is 11.8 Å². The summed E-state index contributed by atoms with van der Waals surface area (Å²) in [5.74, 6) is 0.404. The van der Waals surface area contributed by atoms with Crippen molar-refractivity contribution in [1.82, 2.24) is 14.7 Å². The predicted octanol–water partition coefficient (Wildman–Crippen LogP) is 3.65. The Hall–Kier alpha value is -1.88. The van der Waals surface area contributed by atoms with Gasteiger partial charge in [0.15, 0.2) is 0 Å². The minimum Gasteiger partial charge on any atom is -0.339 e. The largest absolute Gasteiger partial charge is 0.339 e. The van der Waals surface area contributed by atoms with Gasteiger partial charge in [0.2, 0.25) is 5.91 Å². The van der Waals surface area contributed by atoms with E-state index in [1.54, 1.807) is 0 Å². The van der Waals surface area contributed by atoms with Gasteiger partial charge in [-0.1, -0.05) is 31.0 Å². The van der Waals surface area contributed by atoms with Gasteiger partial charge in [-0.05, 0) is 64.8 Å². The van der Waals surface area contributed by atoms with Crippen LogP contribution in [0, 0.1) is 5.92 Å². The van der Waals surface area contributed by atoms with Gasteiger partial charge in [0.05, 0.1) is 0 Å². The highest BCUT2D eigenvalue weighted by atomic mass is 16.2. The Labute approximate surface area is 176 Å². The summed E-state index contributed by atoms with van der Waals surface area (Å²) >= 11 is 0. The van der Waals surface area contributed by atoms with Crippen LogP contribution in [-0.4, -0.2) is 71.8 Å². The summed E-state index contributed by atoms with van der Waals surface area (Å²) in [4.78, 5) is 32.4. The van der Waals surface area contributed by atoms with Crippen LogP contribution in [0.3, 0.4) is 0 Å². The molecule has 2 amide bonds. The molecule has 2 aliphatic heterocycles. The fraction of sp³-hybridized carbons (Fsp3) is 0.667. The molecule has 0 unspecified atom stereocenters. The zero-order valence-electron chi connectivity index (χ0n) is 18.2. The molecule has 0 bridgehead atoms. The van der Waals surface area contributed by atoms with E-state index in [0.29, 0.717) is 13.1 Å². The maximum atomic E-state index is 13.2. The van der Waals surface area contributed by atoms with Crippen LogP contribution in [0.25, 0.3) is 0 Å². The van der Waals surface area contributed by atoms with E-state index < -0.39 is 0 Å². The van der Waals surface area contributed by atoms with Crippen molar-refractivity contribution < 1.29 is 9.59 Å². The Morgan fingerprint density at radius 2 is 1.59 bits per heavy atom. The van der Waals surface area contributed by atoms with Crippen LogP contribution in [0.1, 0.15) is 62.7 Å². The average Bonchev–Trinajstić information content (AvgIpc) is 3.02. The van der Waals surface area contributed by atoms with Crippen LogP contribution in [-0.2, 0) is 4.79 Å². The monoisotopic (exact) mass is 399 g/mol. The lowest BCUT2D eigenvalue weighted by Gasteiger charge is -2.36. The first kappa shape index (κ1) is 21.8. The number of carbonyl (C=O) groups is 2. The number of rotatable bonds is 6. The molecular formula is C24H37N3O2. The number of hydrogen-bond acceptors (Lipinski definition) is 3. The van der Waals surface area contributed by atoms with Gasteiger partial charge >= 0.3 is 0 Å². The SMILES string of the molecule is CC(C)N(CCN1CCCCCC1)C(=O)C1CCN(C(=O)c2ccccc2)CC1. The Bertz CT molecular complexity index is 645. The Balaban J connectivity index is 1.51. The lowest BCUT2D eigenvalue weighted by molar-refractivity contribution is -0.139.